The summed E-state index contributed by atoms with van der Waals surface area (Å²) in [6, 6.07) is 3.43. The summed E-state index contributed by atoms with van der Waals surface area (Å²) in [5.74, 6) is 6.81. The second-order valence-corrected chi connectivity index (χ2v) is 6.01. The molecular weight excluding hydrogens is 346 g/mol. The Bertz CT molecular complexity index is 969. The molecule has 138 valence electrons. The number of fused-ring (bicyclic) bond motifs is 1. The number of carbonyl (C=O) groups excluding carboxylic acids is 1. The quantitative estimate of drug-likeness (QED) is 0.651. The van der Waals surface area contributed by atoms with Gasteiger partial charge in [-0.1, -0.05) is 11.8 Å². The lowest BCUT2D eigenvalue weighted by Crippen LogP contribution is -2.31. The summed E-state index contributed by atoms with van der Waals surface area (Å²) in [5.41, 5.74) is 1.07. The summed E-state index contributed by atoms with van der Waals surface area (Å²) in [6.07, 6.45) is 2.87. The summed E-state index contributed by atoms with van der Waals surface area (Å²) >= 11 is 0. The van der Waals surface area contributed by atoms with E-state index in [2.05, 4.69) is 27.0 Å². The van der Waals surface area contributed by atoms with E-state index in [9.17, 15) is 4.79 Å². The van der Waals surface area contributed by atoms with Gasteiger partial charge in [-0.05, 0) is 23.9 Å². The molecule has 0 bridgehead atoms. The van der Waals surface area contributed by atoms with Crippen molar-refractivity contribution in [3.8, 4) is 23.5 Å². The average molecular weight is 365 g/mol. The van der Waals surface area contributed by atoms with Crippen LogP contribution >= 0.6 is 0 Å². The third-order valence-electron chi connectivity index (χ3n) is 4.22. The smallest absolute Gasteiger partial charge is 0.228 e. The van der Waals surface area contributed by atoms with Crippen molar-refractivity contribution in [1.82, 2.24) is 10.3 Å². The van der Waals surface area contributed by atoms with Crippen LogP contribution in [-0.2, 0) is 9.53 Å². The molecule has 1 atom stereocenters. The van der Waals surface area contributed by atoms with Gasteiger partial charge in [-0.25, -0.2) is 9.83 Å². The molecule has 27 heavy (non-hydrogen) atoms. The molecule has 0 spiro atoms. The van der Waals surface area contributed by atoms with Crippen molar-refractivity contribution in [2.24, 2.45) is 0 Å². The van der Waals surface area contributed by atoms with Crippen molar-refractivity contribution >= 4 is 22.4 Å². The Kier molecular flexibility index (Phi) is 5.75. The van der Waals surface area contributed by atoms with Gasteiger partial charge in [0.05, 0.1) is 19.7 Å². The zero-order valence-electron chi connectivity index (χ0n) is 15.2. The van der Waals surface area contributed by atoms with E-state index in [1.165, 1.54) is 7.11 Å². The minimum absolute atomic E-state index is 0.0278. The van der Waals surface area contributed by atoms with Gasteiger partial charge >= 0.3 is 0 Å². The highest BCUT2D eigenvalue weighted by molar-refractivity contribution is 5.96. The van der Waals surface area contributed by atoms with E-state index in [-0.39, 0.29) is 11.9 Å². The van der Waals surface area contributed by atoms with Crippen LogP contribution in [0, 0.1) is 18.4 Å². The summed E-state index contributed by atoms with van der Waals surface area (Å²) in [7, 11) is 3.09. The molecule has 7 heteroatoms. The van der Waals surface area contributed by atoms with E-state index in [0.29, 0.717) is 47.9 Å². The van der Waals surface area contributed by atoms with Crippen LogP contribution in [0.4, 0.5) is 5.69 Å². The SMILES string of the molecule is [C-]#[N+]c1cc2c(C#CCOC)cnc(OC[C@@H]3CCC(=O)N3)c2cc1OC. The fraction of sp³-hybridized carbons (Fsp3) is 0.350. The minimum Gasteiger partial charge on any atom is -0.508 e. The Balaban J connectivity index is 2.01. The van der Waals surface area contributed by atoms with Crippen LogP contribution in [0.1, 0.15) is 18.4 Å². The number of aromatic nitrogens is 1. The number of amides is 1. The number of nitrogens with one attached hydrogen (secondary N) is 1. The van der Waals surface area contributed by atoms with E-state index in [0.717, 1.165) is 11.8 Å². The third-order valence-corrected chi connectivity index (χ3v) is 4.22. The lowest BCUT2D eigenvalue weighted by Gasteiger charge is -2.14. The van der Waals surface area contributed by atoms with Crippen LogP contribution in [-0.4, -0.2) is 44.4 Å². The lowest BCUT2D eigenvalue weighted by molar-refractivity contribution is -0.119. The van der Waals surface area contributed by atoms with Crippen LogP contribution in [0.5, 0.6) is 11.6 Å². The maximum absolute atomic E-state index is 11.3. The first-order chi connectivity index (χ1) is 13.2. The standard InChI is InChI=1S/C20H19N3O4/c1-21-17-9-15-13(5-4-8-25-2)11-22-20(16(15)10-18(17)26-3)27-12-14-6-7-19(24)23-14/h9-11,14H,6-8,12H2,2-3H3,(H,23,24)/t14-/m0/s1. The van der Waals surface area contributed by atoms with Crippen LogP contribution in [0.15, 0.2) is 18.3 Å². The number of hydrogen-bond acceptors (Lipinski definition) is 5. The number of hydrogen-bond donors (Lipinski definition) is 1. The van der Waals surface area contributed by atoms with Crippen molar-refractivity contribution in [1.29, 1.82) is 0 Å². The van der Waals surface area contributed by atoms with Crippen molar-refractivity contribution in [2.45, 2.75) is 18.9 Å². The highest BCUT2D eigenvalue weighted by Gasteiger charge is 2.22. The monoisotopic (exact) mass is 365 g/mol. The summed E-state index contributed by atoms with van der Waals surface area (Å²) in [5, 5.41) is 4.32. The Labute approximate surface area is 157 Å². The molecule has 0 unspecified atom stereocenters. The predicted octanol–water partition coefficient (Wildman–Crippen LogP) is 2.45. The largest absolute Gasteiger partial charge is 0.508 e. The first kappa shape index (κ1) is 18.5. The number of nitrogens with zero attached hydrogens (tertiary/aromatic N) is 2. The molecule has 1 amide bonds. The normalized spacial score (nSPS) is 15.6. The zero-order valence-corrected chi connectivity index (χ0v) is 15.2. The van der Waals surface area contributed by atoms with E-state index in [4.69, 9.17) is 20.8 Å². The van der Waals surface area contributed by atoms with Gasteiger partial charge < -0.3 is 19.5 Å². The first-order valence-electron chi connectivity index (χ1n) is 8.44. The molecule has 1 aliphatic rings. The van der Waals surface area contributed by atoms with Gasteiger partial charge in [-0.3, -0.25) is 4.79 Å². The van der Waals surface area contributed by atoms with Crippen LogP contribution in [0.25, 0.3) is 15.6 Å². The van der Waals surface area contributed by atoms with Crippen molar-refractivity contribution in [3.05, 3.63) is 35.3 Å². The summed E-state index contributed by atoms with van der Waals surface area (Å²) < 4.78 is 16.2. The molecule has 1 saturated heterocycles. The fourth-order valence-electron chi connectivity index (χ4n) is 2.88. The second-order valence-electron chi connectivity index (χ2n) is 6.01. The Morgan fingerprint density at radius 1 is 1.37 bits per heavy atom. The number of benzene rings is 1. The molecule has 7 nitrogen and oxygen atoms in total. The van der Waals surface area contributed by atoms with Gasteiger partial charge in [0.1, 0.15) is 19.0 Å². The van der Waals surface area contributed by atoms with E-state index in [1.54, 1.807) is 25.4 Å². The molecule has 1 aliphatic heterocycles. The molecule has 1 aromatic heterocycles. The summed E-state index contributed by atoms with van der Waals surface area (Å²) in [6.45, 7) is 8.00. The molecule has 1 N–H and O–H groups in total. The van der Waals surface area contributed by atoms with Gasteiger partial charge in [0.2, 0.25) is 17.5 Å². The highest BCUT2D eigenvalue weighted by Crippen LogP contribution is 2.37. The molecule has 3 rings (SSSR count). The van der Waals surface area contributed by atoms with Crippen molar-refractivity contribution < 1.29 is 19.0 Å². The average Bonchev–Trinajstić information content (AvgIpc) is 3.11. The minimum atomic E-state index is -0.0278. The van der Waals surface area contributed by atoms with Crippen LogP contribution < -0.4 is 14.8 Å². The van der Waals surface area contributed by atoms with Crippen molar-refractivity contribution in [2.75, 3.05) is 27.4 Å². The Morgan fingerprint density at radius 2 is 2.22 bits per heavy atom. The maximum Gasteiger partial charge on any atom is 0.228 e. The zero-order chi connectivity index (χ0) is 19.2. The second kappa shape index (κ2) is 8.39. The molecule has 0 radical (unpaired) electrons. The number of rotatable bonds is 5. The predicted molar refractivity (Wildman–Crippen MR) is 100.0 cm³/mol. The number of ether oxygens (including phenoxy) is 3. The maximum atomic E-state index is 11.3. The molecule has 2 aromatic rings. The van der Waals surface area contributed by atoms with Gasteiger partial charge in [-0.15, -0.1) is 0 Å². The number of pyridine rings is 1. The number of methoxy groups -OCH3 is 2. The van der Waals surface area contributed by atoms with E-state index >= 15 is 0 Å². The Morgan fingerprint density at radius 3 is 2.89 bits per heavy atom. The van der Waals surface area contributed by atoms with Gasteiger partial charge in [0.25, 0.3) is 0 Å². The van der Waals surface area contributed by atoms with Crippen molar-refractivity contribution in [3.63, 3.8) is 0 Å². The highest BCUT2D eigenvalue weighted by atomic mass is 16.5. The van der Waals surface area contributed by atoms with Gasteiger partial charge in [0.15, 0.2) is 0 Å². The summed E-state index contributed by atoms with van der Waals surface area (Å²) in [4.78, 5) is 19.3. The first-order valence-corrected chi connectivity index (χ1v) is 8.44. The lowest BCUT2D eigenvalue weighted by atomic mass is 10.1. The fourth-order valence-corrected chi connectivity index (χ4v) is 2.88. The molecule has 2 heterocycles. The molecule has 1 fully saturated rings. The topological polar surface area (TPSA) is 74.0 Å². The van der Waals surface area contributed by atoms with Gasteiger partial charge in [0, 0.05) is 30.7 Å². The molecule has 0 saturated carbocycles. The molecule has 0 aliphatic carbocycles. The third kappa shape index (κ3) is 4.11. The van der Waals surface area contributed by atoms with E-state index in [1.807, 2.05) is 0 Å². The van der Waals surface area contributed by atoms with Gasteiger partial charge in [-0.2, -0.15) is 0 Å². The molecular formula is C20H19N3O4. The molecule has 1 aromatic carbocycles. The van der Waals surface area contributed by atoms with E-state index < -0.39 is 0 Å². The number of carbonyl (C=O) groups is 1. The van der Waals surface area contributed by atoms with Crippen LogP contribution in [0.3, 0.4) is 0 Å². The van der Waals surface area contributed by atoms with Crippen LogP contribution in [0.2, 0.25) is 0 Å². The Hall–Kier alpha value is -3.29.